The second-order valence-corrected chi connectivity index (χ2v) is 8.36. The molecule has 0 aliphatic carbocycles. The van der Waals surface area contributed by atoms with Crippen molar-refractivity contribution < 1.29 is 8.42 Å². The molecule has 0 fully saturated rings. The van der Waals surface area contributed by atoms with E-state index in [1.807, 2.05) is 0 Å². The summed E-state index contributed by atoms with van der Waals surface area (Å²) in [5.74, 6) is 0.584. The van der Waals surface area contributed by atoms with Gasteiger partial charge in [-0.2, -0.15) is 0 Å². The van der Waals surface area contributed by atoms with Gasteiger partial charge in [-0.25, -0.2) is 12.7 Å². The maximum Gasteiger partial charge on any atom is 0.245 e. The minimum atomic E-state index is -3.69. The molecule has 0 radical (unpaired) electrons. The maximum atomic E-state index is 12.5. The summed E-state index contributed by atoms with van der Waals surface area (Å²) in [6.07, 6.45) is 2.49. The molecule has 0 atom stereocenters. The van der Waals surface area contributed by atoms with E-state index in [4.69, 9.17) is 34.8 Å². The number of hydrogen-bond acceptors (Lipinski definition) is 2. The van der Waals surface area contributed by atoms with Crippen LogP contribution < -0.4 is 0 Å². The highest BCUT2D eigenvalue weighted by atomic mass is 79.9. The Morgan fingerprint density at radius 3 is 2.20 bits per heavy atom. The molecule has 0 saturated heterocycles. The summed E-state index contributed by atoms with van der Waals surface area (Å²) in [5.41, 5.74) is 0. The van der Waals surface area contributed by atoms with Gasteiger partial charge in [0.25, 0.3) is 0 Å². The first kappa shape index (κ1) is 18.5. The molecular formula is C12H15BrCl3NO2S. The standard InChI is InChI=1S/C12H15BrCl3NO2S/c1-17(6-4-2-3-5-14)20(18,19)12-10(15)7-9(13)8-11(12)16/h7-8H,2-6H2,1H3. The van der Waals surface area contributed by atoms with Gasteiger partial charge in [-0.3, -0.25) is 0 Å². The van der Waals surface area contributed by atoms with Crippen molar-refractivity contribution in [1.29, 1.82) is 0 Å². The Labute approximate surface area is 143 Å². The third kappa shape index (κ3) is 4.75. The van der Waals surface area contributed by atoms with Crippen molar-refractivity contribution in [2.75, 3.05) is 19.5 Å². The monoisotopic (exact) mass is 421 g/mol. The van der Waals surface area contributed by atoms with Gasteiger partial charge in [-0.1, -0.05) is 45.6 Å². The van der Waals surface area contributed by atoms with Gasteiger partial charge in [0.1, 0.15) is 4.90 Å². The molecule has 0 aliphatic rings. The summed E-state index contributed by atoms with van der Waals surface area (Å²) in [7, 11) is -2.17. The van der Waals surface area contributed by atoms with Crippen LogP contribution in [0.2, 0.25) is 10.0 Å². The minimum Gasteiger partial charge on any atom is -0.207 e. The summed E-state index contributed by atoms with van der Waals surface area (Å²) in [4.78, 5) is -0.0520. The van der Waals surface area contributed by atoms with E-state index < -0.39 is 10.0 Å². The molecule has 0 heterocycles. The van der Waals surface area contributed by atoms with Crippen molar-refractivity contribution in [3.05, 3.63) is 26.7 Å². The van der Waals surface area contributed by atoms with Gasteiger partial charge in [-0.05, 0) is 25.0 Å². The van der Waals surface area contributed by atoms with E-state index in [0.29, 0.717) is 16.9 Å². The van der Waals surface area contributed by atoms with Crippen LogP contribution in [-0.4, -0.2) is 32.2 Å². The van der Waals surface area contributed by atoms with Crippen LogP contribution in [0.5, 0.6) is 0 Å². The number of alkyl halides is 1. The number of rotatable bonds is 7. The quantitative estimate of drug-likeness (QED) is 0.467. The Balaban J connectivity index is 2.93. The highest BCUT2D eigenvalue weighted by Gasteiger charge is 2.26. The summed E-state index contributed by atoms with van der Waals surface area (Å²) in [6.45, 7) is 0.405. The fourth-order valence-electron chi connectivity index (χ4n) is 1.66. The Kier molecular flexibility index (Phi) is 7.60. The van der Waals surface area contributed by atoms with Gasteiger partial charge < -0.3 is 0 Å². The molecule has 3 nitrogen and oxygen atoms in total. The maximum absolute atomic E-state index is 12.5. The van der Waals surface area contributed by atoms with E-state index in [1.54, 1.807) is 0 Å². The van der Waals surface area contributed by atoms with Gasteiger partial charge in [0.05, 0.1) is 10.0 Å². The molecule has 0 N–H and O–H groups in total. The summed E-state index contributed by atoms with van der Waals surface area (Å²) in [5, 5.41) is 0.217. The number of unbranched alkanes of at least 4 members (excludes halogenated alkanes) is 2. The van der Waals surface area contributed by atoms with Crippen molar-refractivity contribution in [2.24, 2.45) is 0 Å². The molecule has 0 aliphatic heterocycles. The van der Waals surface area contributed by atoms with Gasteiger partial charge in [0.15, 0.2) is 0 Å². The highest BCUT2D eigenvalue weighted by Crippen LogP contribution is 2.34. The first-order valence-corrected chi connectivity index (χ1v) is 9.50. The molecule has 114 valence electrons. The molecule has 0 unspecified atom stereocenters. The summed E-state index contributed by atoms with van der Waals surface area (Å²) < 4.78 is 26.8. The van der Waals surface area contributed by atoms with E-state index in [-0.39, 0.29) is 14.9 Å². The zero-order chi connectivity index (χ0) is 15.3. The zero-order valence-electron chi connectivity index (χ0n) is 10.9. The Hall–Kier alpha value is 0.480. The molecule has 0 saturated carbocycles. The lowest BCUT2D eigenvalue weighted by molar-refractivity contribution is 0.454. The number of nitrogens with zero attached hydrogens (tertiary/aromatic N) is 1. The number of sulfonamides is 1. The van der Waals surface area contributed by atoms with Crippen LogP contribution in [0.15, 0.2) is 21.5 Å². The van der Waals surface area contributed by atoms with Crippen LogP contribution in [0, 0.1) is 0 Å². The van der Waals surface area contributed by atoms with Gasteiger partial charge in [0, 0.05) is 23.9 Å². The molecule has 8 heteroatoms. The van der Waals surface area contributed by atoms with E-state index >= 15 is 0 Å². The normalized spacial score (nSPS) is 12.1. The van der Waals surface area contributed by atoms with Gasteiger partial charge >= 0.3 is 0 Å². The third-order valence-corrected chi connectivity index (χ3v) is 6.24. The topological polar surface area (TPSA) is 37.4 Å². The highest BCUT2D eigenvalue weighted by molar-refractivity contribution is 9.10. The predicted octanol–water partition coefficient (Wildman–Crippen LogP) is 4.79. The lowest BCUT2D eigenvalue weighted by atomic mass is 10.2. The van der Waals surface area contributed by atoms with E-state index in [2.05, 4.69) is 15.9 Å². The van der Waals surface area contributed by atoms with Crippen molar-refractivity contribution in [2.45, 2.75) is 24.2 Å². The van der Waals surface area contributed by atoms with Gasteiger partial charge in [0.2, 0.25) is 10.0 Å². The summed E-state index contributed by atoms with van der Waals surface area (Å²) in [6, 6.07) is 3.03. The first-order chi connectivity index (χ1) is 9.30. The van der Waals surface area contributed by atoms with E-state index in [9.17, 15) is 8.42 Å². The molecule has 1 aromatic carbocycles. The largest absolute Gasteiger partial charge is 0.245 e. The number of benzene rings is 1. The minimum absolute atomic E-state index is 0.0520. The van der Waals surface area contributed by atoms with E-state index in [0.717, 1.165) is 19.3 Å². The molecule has 1 rings (SSSR count). The molecule has 0 spiro atoms. The fraction of sp³-hybridized carbons (Fsp3) is 0.500. The van der Waals surface area contributed by atoms with E-state index in [1.165, 1.54) is 23.5 Å². The van der Waals surface area contributed by atoms with Crippen molar-refractivity contribution >= 4 is 60.8 Å². The Morgan fingerprint density at radius 2 is 1.70 bits per heavy atom. The second kappa shape index (κ2) is 8.20. The lowest BCUT2D eigenvalue weighted by Gasteiger charge is -2.19. The first-order valence-electron chi connectivity index (χ1n) is 5.97. The smallest absolute Gasteiger partial charge is 0.207 e. The molecule has 1 aromatic rings. The van der Waals surface area contributed by atoms with Crippen molar-refractivity contribution in [1.82, 2.24) is 4.31 Å². The molecule has 0 amide bonds. The van der Waals surface area contributed by atoms with Crippen molar-refractivity contribution in [3.63, 3.8) is 0 Å². The van der Waals surface area contributed by atoms with Crippen LogP contribution >= 0.6 is 50.7 Å². The third-order valence-electron chi connectivity index (χ3n) is 2.74. The number of hydrogen-bond donors (Lipinski definition) is 0. The predicted molar refractivity (Wildman–Crippen MR) is 88.5 cm³/mol. The van der Waals surface area contributed by atoms with Crippen LogP contribution in [0.1, 0.15) is 19.3 Å². The van der Waals surface area contributed by atoms with Crippen LogP contribution in [0.25, 0.3) is 0 Å². The van der Waals surface area contributed by atoms with Crippen LogP contribution in [0.4, 0.5) is 0 Å². The lowest BCUT2D eigenvalue weighted by Crippen LogP contribution is -2.28. The zero-order valence-corrected chi connectivity index (χ0v) is 15.5. The Morgan fingerprint density at radius 1 is 1.15 bits per heavy atom. The molecule has 0 aromatic heterocycles. The SMILES string of the molecule is CN(CCCCCCl)S(=O)(=O)c1c(Cl)cc(Br)cc1Cl. The summed E-state index contributed by atoms with van der Waals surface area (Å²) >= 11 is 20.8. The molecular weight excluding hydrogens is 408 g/mol. The average Bonchev–Trinajstić information content (AvgIpc) is 2.32. The van der Waals surface area contributed by atoms with Crippen molar-refractivity contribution in [3.8, 4) is 0 Å². The average molecular weight is 424 g/mol. The number of halogens is 4. The Bertz CT molecular complexity index is 543. The van der Waals surface area contributed by atoms with Gasteiger partial charge in [-0.15, -0.1) is 11.6 Å². The van der Waals surface area contributed by atoms with Crippen LogP contribution in [0.3, 0.4) is 0 Å². The fourth-order valence-corrected chi connectivity index (χ4v) is 4.93. The molecule has 0 bridgehead atoms. The molecule has 20 heavy (non-hydrogen) atoms. The second-order valence-electron chi connectivity index (χ2n) is 4.27. The van der Waals surface area contributed by atoms with Crippen LogP contribution in [-0.2, 0) is 10.0 Å².